The number of imidazole rings is 1. The summed E-state index contributed by atoms with van der Waals surface area (Å²) in [5.41, 5.74) is 1.07. The van der Waals surface area contributed by atoms with Crippen LogP contribution in [0.3, 0.4) is 0 Å². The van der Waals surface area contributed by atoms with E-state index in [0.717, 1.165) is 11.3 Å². The minimum Gasteiger partial charge on any atom is -0.396 e. The Balaban J connectivity index is 0.00000102. The molecule has 0 atom stereocenters. The van der Waals surface area contributed by atoms with Gasteiger partial charge in [-0.25, -0.2) is 9.78 Å². The molecule has 0 aromatic carbocycles. The molecule has 0 fully saturated rings. The molecular formula is C15H29N5O2. The monoisotopic (exact) mass is 311 g/mol. The van der Waals surface area contributed by atoms with Crippen LogP contribution in [-0.4, -0.2) is 37.4 Å². The predicted molar refractivity (Wildman–Crippen MR) is 91.4 cm³/mol. The van der Waals surface area contributed by atoms with Crippen LogP contribution in [0.15, 0.2) is 4.79 Å². The Hall–Kier alpha value is -1.89. The van der Waals surface area contributed by atoms with Crippen molar-refractivity contribution in [3.63, 3.8) is 0 Å². The third-order valence-corrected chi connectivity index (χ3v) is 2.96. The SMILES string of the molecule is CC.CC.Cc1nc2c(c(NCCCO)nc(=O)n2C)n1C. The van der Waals surface area contributed by atoms with Gasteiger partial charge in [-0.2, -0.15) is 4.98 Å². The summed E-state index contributed by atoms with van der Waals surface area (Å²) in [5, 5.41) is 11.8. The maximum absolute atomic E-state index is 11.7. The maximum atomic E-state index is 11.7. The lowest BCUT2D eigenvalue weighted by atomic mass is 10.4. The normalized spacial score (nSPS) is 9.64. The minimum absolute atomic E-state index is 0.103. The van der Waals surface area contributed by atoms with E-state index in [1.807, 2.05) is 46.2 Å². The lowest BCUT2D eigenvalue weighted by Crippen LogP contribution is -2.23. The summed E-state index contributed by atoms with van der Waals surface area (Å²) in [4.78, 5) is 20.1. The van der Waals surface area contributed by atoms with E-state index >= 15 is 0 Å². The molecular weight excluding hydrogens is 282 g/mol. The second-order valence-electron chi connectivity index (χ2n) is 4.20. The van der Waals surface area contributed by atoms with E-state index in [9.17, 15) is 4.79 Å². The van der Waals surface area contributed by atoms with Gasteiger partial charge in [0.05, 0.1) is 0 Å². The van der Waals surface area contributed by atoms with Gasteiger partial charge < -0.3 is 15.0 Å². The molecule has 2 aromatic rings. The molecule has 0 unspecified atom stereocenters. The van der Waals surface area contributed by atoms with Crippen molar-refractivity contribution in [3.05, 3.63) is 16.3 Å². The first kappa shape index (κ1) is 20.1. The van der Waals surface area contributed by atoms with E-state index < -0.39 is 0 Å². The lowest BCUT2D eigenvalue weighted by Gasteiger charge is -2.08. The quantitative estimate of drug-likeness (QED) is 0.841. The molecule has 0 saturated carbocycles. The van der Waals surface area contributed by atoms with Crippen molar-refractivity contribution in [2.24, 2.45) is 14.1 Å². The third kappa shape index (κ3) is 4.30. The van der Waals surface area contributed by atoms with Crippen LogP contribution in [-0.2, 0) is 14.1 Å². The Bertz CT molecular complexity index is 631. The first-order valence-corrected chi connectivity index (χ1v) is 7.81. The van der Waals surface area contributed by atoms with Gasteiger partial charge in [0.25, 0.3) is 0 Å². The number of aliphatic hydroxyl groups is 1. The van der Waals surface area contributed by atoms with Crippen LogP contribution in [0, 0.1) is 6.92 Å². The minimum atomic E-state index is -0.341. The first-order chi connectivity index (χ1) is 10.6. The van der Waals surface area contributed by atoms with Crippen molar-refractivity contribution >= 4 is 17.0 Å². The van der Waals surface area contributed by atoms with Crippen molar-refractivity contribution in [1.29, 1.82) is 0 Å². The molecule has 0 spiro atoms. The van der Waals surface area contributed by atoms with Crippen LogP contribution >= 0.6 is 0 Å². The highest BCUT2D eigenvalue weighted by Gasteiger charge is 2.14. The number of nitrogens with zero attached hydrogens (tertiary/aromatic N) is 4. The zero-order chi connectivity index (χ0) is 17.3. The second kappa shape index (κ2) is 9.94. The van der Waals surface area contributed by atoms with Crippen LogP contribution in [0.25, 0.3) is 11.2 Å². The Morgan fingerprint density at radius 1 is 1.09 bits per heavy atom. The molecule has 0 aliphatic carbocycles. The van der Waals surface area contributed by atoms with E-state index in [1.54, 1.807) is 7.05 Å². The molecule has 2 heterocycles. The third-order valence-electron chi connectivity index (χ3n) is 2.96. The van der Waals surface area contributed by atoms with Gasteiger partial charge in [0.2, 0.25) is 0 Å². The summed E-state index contributed by atoms with van der Waals surface area (Å²) < 4.78 is 3.32. The van der Waals surface area contributed by atoms with Gasteiger partial charge in [0.15, 0.2) is 11.5 Å². The summed E-state index contributed by atoms with van der Waals surface area (Å²) in [6, 6.07) is 0. The van der Waals surface area contributed by atoms with Gasteiger partial charge in [-0.15, -0.1) is 0 Å². The van der Waals surface area contributed by atoms with Gasteiger partial charge >= 0.3 is 5.69 Å². The van der Waals surface area contributed by atoms with Gasteiger partial charge in [0, 0.05) is 27.2 Å². The number of aromatic nitrogens is 4. The number of aryl methyl sites for hydroxylation is 3. The molecule has 0 aliphatic rings. The summed E-state index contributed by atoms with van der Waals surface area (Å²) >= 11 is 0. The van der Waals surface area contributed by atoms with Gasteiger partial charge in [-0.1, -0.05) is 27.7 Å². The molecule has 22 heavy (non-hydrogen) atoms. The molecule has 0 amide bonds. The number of rotatable bonds is 4. The Kier molecular flexibility index (Phi) is 9.09. The largest absolute Gasteiger partial charge is 0.396 e. The molecule has 2 aromatic heterocycles. The fourth-order valence-corrected chi connectivity index (χ4v) is 1.81. The summed E-state index contributed by atoms with van der Waals surface area (Å²) in [6.07, 6.45) is 0.606. The topological polar surface area (TPSA) is 85.0 Å². The smallest absolute Gasteiger partial charge is 0.351 e. The van der Waals surface area contributed by atoms with Crippen LogP contribution in [0.4, 0.5) is 5.82 Å². The summed E-state index contributed by atoms with van der Waals surface area (Å²) in [7, 11) is 3.54. The standard InChI is InChI=1S/C11H17N5O2.2C2H6/c1-7-13-10-8(15(7)2)9(12-5-4-6-17)14-11(18)16(10)3;2*1-2/h17H,4-6H2,1-3H3,(H,12,14,18);2*1-2H3. The van der Waals surface area contributed by atoms with E-state index in [4.69, 9.17) is 5.11 Å². The van der Waals surface area contributed by atoms with Crippen molar-refractivity contribution in [3.8, 4) is 0 Å². The number of nitrogens with one attached hydrogen (secondary N) is 1. The van der Waals surface area contributed by atoms with Crippen molar-refractivity contribution in [1.82, 2.24) is 19.1 Å². The summed E-state index contributed by atoms with van der Waals surface area (Å²) in [5.74, 6) is 1.34. The fourth-order valence-electron chi connectivity index (χ4n) is 1.81. The number of hydrogen-bond acceptors (Lipinski definition) is 5. The molecule has 126 valence electrons. The van der Waals surface area contributed by atoms with Gasteiger partial charge in [-0.3, -0.25) is 4.57 Å². The molecule has 2 N–H and O–H groups in total. The average molecular weight is 311 g/mol. The first-order valence-electron chi connectivity index (χ1n) is 7.81. The van der Waals surface area contributed by atoms with Crippen LogP contribution in [0.2, 0.25) is 0 Å². The highest BCUT2D eigenvalue weighted by molar-refractivity contribution is 5.83. The molecule has 0 aliphatic heterocycles. The highest BCUT2D eigenvalue weighted by atomic mass is 16.3. The maximum Gasteiger partial charge on any atom is 0.351 e. The molecule has 0 radical (unpaired) electrons. The number of anilines is 1. The zero-order valence-electron chi connectivity index (χ0n) is 14.8. The fraction of sp³-hybridized carbons (Fsp3) is 0.667. The van der Waals surface area contributed by atoms with Crippen molar-refractivity contribution < 1.29 is 5.11 Å². The Morgan fingerprint density at radius 2 is 1.68 bits per heavy atom. The predicted octanol–water partition coefficient (Wildman–Crippen LogP) is 1.82. The second-order valence-corrected chi connectivity index (χ2v) is 4.20. The van der Waals surface area contributed by atoms with Crippen LogP contribution < -0.4 is 11.0 Å². The number of aliphatic hydroxyl groups excluding tert-OH is 1. The molecule has 2 rings (SSSR count). The van der Waals surface area contributed by atoms with E-state index in [1.165, 1.54) is 4.57 Å². The zero-order valence-corrected chi connectivity index (χ0v) is 14.8. The molecule has 7 nitrogen and oxygen atoms in total. The van der Waals surface area contributed by atoms with Crippen LogP contribution in [0.5, 0.6) is 0 Å². The van der Waals surface area contributed by atoms with Crippen LogP contribution in [0.1, 0.15) is 39.9 Å². The van der Waals surface area contributed by atoms with Gasteiger partial charge in [0.1, 0.15) is 11.3 Å². The lowest BCUT2D eigenvalue weighted by molar-refractivity contribution is 0.292. The van der Waals surface area contributed by atoms with Crippen molar-refractivity contribution in [2.45, 2.75) is 41.0 Å². The van der Waals surface area contributed by atoms with E-state index in [0.29, 0.717) is 24.4 Å². The van der Waals surface area contributed by atoms with Gasteiger partial charge in [-0.05, 0) is 13.3 Å². The Labute approximate surface area is 132 Å². The van der Waals surface area contributed by atoms with E-state index in [2.05, 4.69) is 15.3 Å². The highest BCUT2D eigenvalue weighted by Crippen LogP contribution is 2.19. The molecule has 0 bridgehead atoms. The number of fused-ring (bicyclic) bond motifs is 1. The number of hydrogen-bond donors (Lipinski definition) is 2. The van der Waals surface area contributed by atoms with Crippen molar-refractivity contribution in [2.75, 3.05) is 18.5 Å². The molecule has 0 saturated heterocycles. The molecule has 7 heteroatoms. The average Bonchev–Trinajstić information content (AvgIpc) is 2.85. The summed E-state index contributed by atoms with van der Waals surface area (Å²) in [6.45, 7) is 10.5. The van der Waals surface area contributed by atoms with E-state index in [-0.39, 0.29) is 12.3 Å². The Morgan fingerprint density at radius 3 is 2.23 bits per heavy atom.